The van der Waals surface area contributed by atoms with Gasteiger partial charge in [0.1, 0.15) is 5.65 Å². The molecule has 1 aliphatic rings. The highest BCUT2D eigenvalue weighted by atomic mass is 16.1. The molecule has 0 unspecified atom stereocenters. The van der Waals surface area contributed by atoms with Gasteiger partial charge in [-0.25, -0.2) is 4.98 Å². The van der Waals surface area contributed by atoms with Gasteiger partial charge in [-0.3, -0.25) is 4.79 Å². The molecule has 1 aliphatic carbocycles. The maximum absolute atomic E-state index is 10.8. The van der Waals surface area contributed by atoms with E-state index in [0.717, 1.165) is 28.9 Å². The SMILES string of the molecule is NC(=O)/C=C/c1c[nH]c2ncc(CC3CCCC3)cc12. The Morgan fingerprint density at radius 3 is 3.00 bits per heavy atom. The van der Waals surface area contributed by atoms with E-state index in [1.54, 1.807) is 6.08 Å². The van der Waals surface area contributed by atoms with Crippen LogP contribution >= 0.6 is 0 Å². The lowest BCUT2D eigenvalue weighted by Crippen LogP contribution is -2.05. The number of hydrogen-bond donors (Lipinski definition) is 2. The Morgan fingerprint density at radius 2 is 2.25 bits per heavy atom. The molecule has 0 bridgehead atoms. The number of nitrogens with two attached hydrogens (primary N) is 1. The number of nitrogens with zero attached hydrogens (tertiary/aromatic N) is 1. The van der Waals surface area contributed by atoms with Gasteiger partial charge in [0, 0.05) is 29.4 Å². The second-order valence-electron chi connectivity index (χ2n) is 5.57. The van der Waals surface area contributed by atoms with Crippen molar-refractivity contribution in [2.75, 3.05) is 0 Å². The first-order valence-electron chi connectivity index (χ1n) is 7.16. The number of primary amides is 1. The Balaban J connectivity index is 1.88. The minimum Gasteiger partial charge on any atom is -0.366 e. The molecular weight excluding hydrogens is 250 g/mol. The van der Waals surface area contributed by atoms with E-state index in [4.69, 9.17) is 5.73 Å². The van der Waals surface area contributed by atoms with Crippen LogP contribution in [0.4, 0.5) is 0 Å². The zero-order valence-electron chi connectivity index (χ0n) is 11.4. The van der Waals surface area contributed by atoms with E-state index in [9.17, 15) is 4.79 Å². The quantitative estimate of drug-likeness (QED) is 0.838. The largest absolute Gasteiger partial charge is 0.366 e. The van der Waals surface area contributed by atoms with E-state index in [1.807, 2.05) is 12.4 Å². The number of H-pyrrole nitrogens is 1. The number of aromatic nitrogens is 2. The second-order valence-corrected chi connectivity index (χ2v) is 5.57. The molecule has 2 aromatic heterocycles. The fourth-order valence-corrected chi connectivity index (χ4v) is 3.04. The number of carbonyl (C=O) groups is 1. The molecule has 104 valence electrons. The van der Waals surface area contributed by atoms with Gasteiger partial charge in [-0.1, -0.05) is 25.7 Å². The summed E-state index contributed by atoms with van der Waals surface area (Å²) in [5.41, 5.74) is 8.23. The third-order valence-corrected chi connectivity index (χ3v) is 4.05. The molecule has 0 aromatic carbocycles. The highest BCUT2D eigenvalue weighted by molar-refractivity contribution is 5.94. The van der Waals surface area contributed by atoms with Crippen LogP contribution in [0.25, 0.3) is 17.1 Å². The van der Waals surface area contributed by atoms with Crippen molar-refractivity contribution in [3.8, 4) is 0 Å². The summed E-state index contributed by atoms with van der Waals surface area (Å²) in [6.07, 6.45) is 13.4. The normalized spacial score (nSPS) is 16.4. The summed E-state index contributed by atoms with van der Waals surface area (Å²) < 4.78 is 0. The molecule has 2 aromatic rings. The van der Waals surface area contributed by atoms with Crippen molar-refractivity contribution < 1.29 is 4.79 Å². The third-order valence-electron chi connectivity index (χ3n) is 4.05. The summed E-state index contributed by atoms with van der Waals surface area (Å²) in [6.45, 7) is 0. The average molecular weight is 269 g/mol. The minimum atomic E-state index is -0.436. The monoisotopic (exact) mass is 269 g/mol. The number of carbonyl (C=O) groups excluding carboxylic acids is 1. The number of aromatic amines is 1. The number of fused-ring (bicyclic) bond motifs is 1. The van der Waals surface area contributed by atoms with Gasteiger partial charge in [0.25, 0.3) is 0 Å². The highest BCUT2D eigenvalue weighted by Crippen LogP contribution is 2.29. The first kappa shape index (κ1) is 12.9. The molecule has 4 nitrogen and oxygen atoms in total. The Hall–Kier alpha value is -2.10. The van der Waals surface area contributed by atoms with Gasteiger partial charge in [0.05, 0.1) is 0 Å². The minimum absolute atomic E-state index is 0.436. The summed E-state index contributed by atoms with van der Waals surface area (Å²) in [5.74, 6) is 0.368. The molecule has 0 radical (unpaired) electrons. The Bertz CT molecular complexity index is 651. The van der Waals surface area contributed by atoms with Crippen LogP contribution in [0, 0.1) is 5.92 Å². The van der Waals surface area contributed by atoms with Gasteiger partial charge < -0.3 is 10.7 Å². The fourth-order valence-electron chi connectivity index (χ4n) is 3.04. The topological polar surface area (TPSA) is 71.8 Å². The lowest BCUT2D eigenvalue weighted by Gasteiger charge is -2.08. The average Bonchev–Trinajstić information content (AvgIpc) is 3.05. The highest BCUT2D eigenvalue weighted by Gasteiger charge is 2.16. The van der Waals surface area contributed by atoms with Crippen molar-refractivity contribution in [1.29, 1.82) is 0 Å². The van der Waals surface area contributed by atoms with Crippen LogP contribution < -0.4 is 5.73 Å². The number of pyridine rings is 1. The van der Waals surface area contributed by atoms with Crippen LogP contribution in [0.1, 0.15) is 36.8 Å². The number of amides is 1. The number of nitrogens with one attached hydrogen (secondary N) is 1. The van der Waals surface area contributed by atoms with Crippen LogP contribution in [-0.4, -0.2) is 15.9 Å². The van der Waals surface area contributed by atoms with Crippen LogP contribution in [0.2, 0.25) is 0 Å². The molecule has 3 rings (SSSR count). The molecule has 3 N–H and O–H groups in total. The van der Waals surface area contributed by atoms with E-state index in [2.05, 4.69) is 16.0 Å². The zero-order valence-corrected chi connectivity index (χ0v) is 11.4. The predicted octanol–water partition coefficient (Wildman–Crippen LogP) is 2.79. The van der Waals surface area contributed by atoms with Crippen LogP contribution in [0.5, 0.6) is 0 Å². The maximum Gasteiger partial charge on any atom is 0.241 e. The van der Waals surface area contributed by atoms with Crippen LogP contribution in [0.3, 0.4) is 0 Å². The third kappa shape index (κ3) is 2.74. The Morgan fingerprint density at radius 1 is 1.45 bits per heavy atom. The molecule has 1 saturated carbocycles. The van der Waals surface area contributed by atoms with E-state index in [0.29, 0.717) is 0 Å². The van der Waals surface area contributed by atoms with Gasteiger partial charge in [-0.2, -0.15) is 0 Å². The first-order valence-corrected chi connectivity index (χ1v) is 7.16. The molecule has 0 atom stereocenters. The number of hydrogen-bond acceptors (Lipinski definition) is 2. The Labute approximate surface area is 118 Å². The summed E-state index contributed by atoms with van der Waals surface area (Å²) in [4.78, 5) is 18.4. The van der Waals surface area contributed by atoms with Gasteiger partial charge in [0.15, 0.2) is 0 Å². The van der Waals surface area contributed by atoms with Crippen molar-refractivity contribution in [3.05, 3.63) is 35.7 Å². The number of rotatable bonds is 4. The van der Waals surface area contributed by atoms with Gasteiger partial charge >= 0.3 is 0 Å². The predicted molar refractivity (Wildman–Crippen MR) is 80.0 cm³/mol. The summed E-state index contributed by atoms with van der Waals surface area (Å²) in [7, 11) is 0. The van der Waals surface area contributed by atoms with Gasteiger partial charge in [-0.05, 0) is 30.0 Å². The van der Waals surface area contributed by atoms with E-state index in [1.165, 1.54) is 37.3 Å². The first-order chi connectivity index (χ1) is 9.72. The van der Waals surface area contributed by atoms with Gasteiger partial charge in [0.2, 0.25) is 5.91 Å². The molecule has 2 heterocycles. The standard InChI is InChI=1S/C16H19N3O/c17-15(20)6-5-13-10-19-16-14(13)8-12(9-18-16)7-11-3-1-2-4-11/h5-6,8-11H,1-4,7H2,(H2,17,20)(H,18,19)/b6-5+. The van der Waals surface area contributed by atoms with E-state index in [-0.39, 0.29) is 0 Å². The summed E-state index contributed by atoms with van der Waals surface area (Å²) in [6, 6.07) is 2.18. The molecule has 20 heavy (non-hydrogen) atoms. The smallest absolute Gasteiger partial charge is 0.241 e. The Kier molecular flexibility index (Phi) is 3.54. The summed E-state index contributed by atoms with van der Waals surface area (Å²) in [5, 5.41) is 1.05. The molecular formula is C16H19N3O. The maximum atomic E-state index is 10.8. The molecule has 0 aliphatic heterocycles. The molecule has 1 fully saturated rings. The molecule has 0 saturated heterocycles. The van der Waals surface area contributed by atoms with Gasteiger partial charge in [-0.15, -0.1) is 0 Å². The van der Waals surface area contributed by atoms with Crippen molar-refractivity contribution in [2.24, 2.45) is 11.7 Å². The van der Waals surface area contributed by atoms with Crippen LogP contribution in [-0.2, 0) is 11.2 Å². The lowest BCUT2D eigenvalue weighted by atomic mass is 9.98. The molecule has 0 spiro atoms. The lowest BCUT2D eigenvalue weighted by molar-refractivity contribution is -0.113. The van der Waals surface area contributed by atoms with E-state index < -0.39 is 5.91 Å². The zero-order chi connectivity index (χ0) is 13.9. The summed E-state index contributed by atoms with van der Waals surface area (Å²) >= 11 is 0. The van der Waals surface area contributed by atoms with Crippen molar-refractivity contribution in [1.82, 2.24) is 9.97 Å². The van der Waals surface area contributed by atoms with Crippen molar-refractivity contribution in [3.63, 3.8) is 0 Å². The molecule has 1 amide bonds. The van der Waals surface area contributed by atoms with Crippen molar-refractivity contribution in [2.45, 2.75) is 32.1 Å². The fraction of sp³-hybridized carbons (Fsp3) is 0.375. The molecule has 4 heteroatoms. The second kappa shape index (κ2) is 5.49. The van der Waals surface area contributed by atoms with Crippen molar-refractivity contribution >= 4 is 23.0 Å². The van der Waals surface area contributed by atoms with E-state index >= 15 is 0 Å². The van der Waals surface area contributed by atoms with Crippen LogP contribution in [0.15, 0.2) is 24.5 Å².